The number of aromatic nitrogens is 4. The number of fused-ring (bicyclic) bond motifs is 1. The van der Waals surface area contributed by atoms with Crippen molar-refractivity contribution in [1.82, 2.24) is 25.5 Å². The van der Waals surface area contributed by atoms with Gasteiger partial charge in [0.15, 0.2) is 0 Å². The predicted octanol–water partition coefficient (Wildman–Crippen LogP) is 4.50. The molecule has 0 saturated heterocycles. The molecule has 3 aromatic carbocycles. The number of rotatable bonds is 8. The van der Waals surface area contributed by atoms with Crippen LogP contribution in [0.1, 0.15) is 35.7 Å². The molecule has 0 saturated carbocycles. The lowest BCUT2D eigenvalue weighted by molar-refractivity contribution is -0.139. The molecule has 0 radical (unpaired) electrons. The van der Waals surface area contributed by atoms with Crippen LogP contribution in [0.25, 0.3) is 10.8 Å². The van der Waals surface area contributed by atoms with E-state index in [0.717, 1.165) is 24.9 Å². The largest absolute Gasteiger partial charge is 0.506 e. The summed E-state index contributed by atoms with van der Waals surface area (Å²) in [5, 5.41) is 26.3. The Labute approximate surface area is 235 Å². The van der Waals surface area contributed by atoms with Gasteiger partial charge in [-0.3, -0.25) is 9.59 Å². The maximum Gasteiger partial charge on any atom is 0.413 e. The van der Waals surface area contributed by atoms with Crippen LogP contribution in [0.5, 0.6) is 11.5 Å². The first kappa shape index (κ1) is 29.8. The maximum absolute atomic E-state index is 12.8. The van der Waals surface area contributed by atoms with Crippen LogP contribution in [-0.2, 0) is 16.1 Å². The number of nitrogens with zero attached hydrogens (tertiary/aromatic N) is 3. The van der Waals surface area contributed by atoms with E-state index in [4.69, 9.17) is 17.0 Å². The summed E-state index contributed by atoms with van der Waals surface area (Å²) < 4.78 is 12.1. The first-order valence-electron chi connectivity index (χ1n) is 12.4. The standard InChI is InChI=1S/C22H20N2O6.C5H10N4S/c1-13-7-3-6-10-17(13)24-21(27)16-11-18(30-22(28)23-12-19(25)29-2)14-8-4-5-9-15(14)20(16)26;1-2-3-4-9-5(10)6-7-8-9/h3-11,26H,12H2,1-2H3,(H,23,28)(H,24,27);2-4H2,1H3,(H,6,8,10). The van der Waals surface area contributed by atoms with Gasteiger partial charge in [-0.05, 0) is 43.3 Å². The van der Waals surface area contributed by atoms with Gasteiger partial charge in [0.2, 0.25) is 4.77 Å². The van der Waals surface area contributed by atoms with Crippen LogP contribution >= 0.6 is 12.2 Å². The third kappa shape index (κ3) is 7.86. The number of H-pyrrole nitrogens is 1. The number of anilines is 1. The Kier molecular flexibility index (Phi) is 10.7. The Morgan fingerprint density at radius 1 is 1.10 bits per heavy atom. The fourth-order valence-electron chi connectivity index (χ4n) is 3.52. The van der Waals surface area contributed by atoms with Gasteiger partial charge in [-0.1, -0.05) is 66.1 Å². The number of carbonyl (C=O) groups is 3. The number of carbonyl (C=O) groups excluding carboxylic acids is 3. The highest BCUT2D eigenvalue weighted by Gasteiger charge is 2.20. The van der Waals surface area contributed by atoms with Gasteiger partial charge in [-0.2, -0.15) is 5.21 Å². The lowest BCUT2D eigenvalue weighted by Gasteiger charge is -2.14. The summed E-state index contributed by atoms with van der Waals surface area (Å²) in [6.07, 6.45) is 1.36. The van der Waals surface area contributed by atoms with E-state index in [1.807, 2.05) is 19.1 Å². The summed E-state index contributed by atoms with van der Waals surface area (Å²) in [6.45, 7) is 4.50. The van der Waals surface area contributed by atoms with Crippen LogP contribution in [0, 0.1) is 11.7 Å². The van der Waals surface area contributed by atoms with E-state index in [2.05, 4.69) is 37.8 Å². The van der Waals surface area contributed by atoms with Crippen LogP contribution in [0.15, 0.2) is 54.6 Å². The average molecular weight is 567 g/mol. The number of phenolic OH excluding ortho intramolecular Hbond substituents is 1. The van der Waals surface area contributed by atoms with Crippen molar-refractivity contribution in [2.24, 2.45) is 0 Å². The number of methoxy groups -OCH3 is 1. The number of ether oxygens (including phenoxy) is 2. The fraction of sp³-hybridized carbons (Fsp3) is 0.259. The van der Waals surface area contributed by atoms with Crippen LogP contribution in [0.2, 0.25) is 0 Å². The van der Waals surface area contributed by atoms with E-state index in [1.165, 1.54) is 13.2 Å². The lowest BCUT2D eigenvalue weighted by Crippen LogP contribution is -2.32. The number of benzene rings is 3. The highest BCUT2D eigenvalue weighted by molar-refractivity contribution is 7.71. The topological polar surface area (TPSA) is 160 Å². The third-order valence-corrected chi connectivity index (χ3v) is 5.99. The number of unbranched alkanes of at least 4 members (excludes halogenated alkanes) is 1. The molecule has 0 spiro atoms. The molecular formula is C27H30N6O6S. The van der Waals surface area contributed by atoms with Crippen LogP contribution in [0.4, 0.5) is 10.5 Å². The van der Waals surface area contributed by atoms with Crippen LogP contribution < -0.4 is 15.4 Å². The molecule has 0 aliphatic carbocycles. The van der Waals surface area contributed by atoms with E-state index >= 15 is 0 Å². The third-order valence-electron chi connectivity index (χ3n) is 5.69. The number of esters is 1. The predicted molar refractivity (Wildman–Crippen MR) is 151 cm³/mol. The lowest BCUT2D eigenvalue weighted by atomic mass is 10.0. The summed E-state index contributed by atoms with van der Waals surface area (Å²) >= 11 is 4.86. The molecule has 0 aliphatic rings. The number of phenols is 1. The van der Waals surface area contributed by atoms with Crippen molar-refractivity contribution in [1.29, 1.82) is 0 Å². The molecule has 12 nitrogen and oxygen atoms in total. The number of hydrogen-bond acceptors (Lipinski definition) is 9. The highest BCUT2D eigenvalue weighted by atomic mass is 32.1. The summed E-state index contributed by atoms with van der Waals surface area (Å²) in [6, 6.07) is 15.1. The number of hydrogen-bond donors (Lipinski definition) is 4. The Hall–Kier alpha value is -4.78. The molecular weight excluding hydrogens is 536 g/mol. The SMILES string of the molecule is CCCCn1[nH]nnc1=S.COC(=O)CNC(=O)Oc1cc(C(=O)Nc2ccccc2C)c(O)c2ccccc12. The second kappa shape index (κ2) is 14.4. The van der Waals surface area contributed by atoms with Crippen molar-refractivity contribution in [3.05, 3.63) is 70.5 Å². The van der Waals surface area contributed by atoms with Crippen molar-refractivity contribution in [3.8, 4) is 11.5 Å². The first-order chi connectivity index (χ1) is 19.2. The monoisotopic (exact) mass is 566 g/mol. The van der Waals surface area contributed by atoms with Crippen molar-refractivity contribution >= 4 is 46.6 Å². The van der Waals surface area contributed by atoms with Crippen molar-refractivity contribution in [2.45, 2.75) is 33.2 Å². The first-order valence-corrected chi connectivity index (χ1v) is 12.8. The Morgan fingerprint density at radius 2 is 1.80 bits per heavy atom. The number of aromatic amines is 1. The van der Waals surface area contributed by atoms with Crippen LogP contribution in [-0.4, -0.2) is 56.9 Å². The van der Waals surface area contributed by atoms with Gasteiger partial charge < -0.3 is 25.2 Å². The average Bonchev–Trinajstić information content (AvgIpc) is 3.37. The minimum Gasteiger partial charge on any atom is -0.506 e. The molecule has 0 atom stereocenters. The van der Waals surface area contributed by atoms with Crippen molar-refractivity contribution in [2.75, 3.05) is 19.0 Å². The smallest absolute Gasteiger partial charge is 0.413 e. The van der Waals surface area contributed by atoms with Crippen molar-refractivity contribution in [3.63, 3.8) is 0 Å². The maximum atomic E-state index is 12.8. The highest BCUT2D eigenvalue weighted by Crippen LogP contribution is 2.36. The Balaban J connectivity index is 0.000000371. The fourth-order valence-corrected chi connectivity index (χ4v) is 3.69. The van der Waals surface area contributed by atoms with Crippen molar-refractivity contribution < 1.29 is 29.0 Å². The summed E-state index contributed by atoms with van der Waals surface area (Å²) in [5.74, 6) is -1.38. The molecule has 40 heavy (non-hydrogen) atoms. The second-order valence-electron chi connectivity index (χ2n) is 8.49. The molecule has 210 valence electrons. The molecule has 4 N–H and O–H groups in total. The van der Waals surface area contributed by atoms with Gasteiger partial charge in [0.05, 0.1) is 12.7 Å². The number of amides is 2. The molecule has 2 amide bonds. The number of nitrogens with one attached hydrogen (secondary N) is 3. The van der Waals surface area contributed by atoms with Gasteiger partial charge >= 0.3 is 12.1 Å². The van der Waals surface area contributed by atoms with Gasteiger partial charge in [0.1, 0.15) is 18.0 Å². The second-order valence-corrected chi connectivity index (χ2v) is 8.86. The summed E-state index contributed by atoms with van der Waals surface area (Å²) in [5.41, 5.74) is 1.38. The Morgan fingerprint density at radius 3 is 2.45 bits per heavy atom. The Bertz CT molecular complexity index is 1550. The zero-order valence-electron chi connectivity index (χ0n) is 22.3. The zero-order valence-corrected chi connectivity index (χ0v) is 23.1. The minimum atomic E-state index is -0.901. The zero-order chi connectivity index (χ0) is 29.1. The molecule has 0 aliphatic heterocycles. The molecule has 1 aromatic heterocycles. The minimum absolute atomic E-state index is 0.0562. The van der Waals surface area contributed by atoms with E-state index in [9.17, 15) is 19.5 Å². The number of para-hydroxylation sites is 1. The molecule has 0 fully saturated rings. The number of tetrazole rings is 1. The summed E-state index contributed by atoms with van der Waals surface area (Å²) in [7, 11) is 1.20. The van der Waals surface area contributed by atoms with E-state index in [1.54, 1.807) is 41.1 Å². The molecule has 4 aromatic rings. The number of aryl methyl sites for hydroxylation is 2. The van der Waals surface area contributed by atoms with Gasteiger partial charge in [-0.25, -0.2) is 9.48 Å². The van der Waals surface area contributed by atoms with Gasteiger partial charge in [-0.15, -0.1) is 0 Å². The van der Waals surface area contributed by atoms with E-state index in [0.29, 0.717) is 21.2 Å². The molecule has 0 bridgehead atoms. The van der Waals surface area contributed by atoms with Crippen LogP contribution in [0.3, 0.4) is 0 Å². The van der Waals surface area contributed by atoms with E-state index < -0.39 is 18.0 Å². The molecule has 13 heteroatoms. The molecule has 0 unspecified atom stereocenters. The molecule has 1 heterocycles. The number of aromatic hydroxyl groups is 1. The van der Waals surface area contributed by atoms with Gasteiger partial charge in [0.25, 0.3) is 5.91 Å². The van der Waals surface area contributed by atoms with E-state index in [-0.39, 0.29) is 23.6 Å². The summed E-state index contributed by atoms with van der Waals surface area (Å²) in [4.78, 5) is 36.1. The quantitative estimate of drug-likeness (QED) is 0.178. The normalized spacial score (nSPS) is 10.3. The van der Waals surface area contributed by atoms with Gasteiger partial charge in [0, 0.05) is 23.0 Å². The molecule has 4 rings (SSSR count).